The van der Waals surface area contributed by atoms with Gasteiger partial charge in [0.05, 0.1) is 5.69 Å². The predicted molar refractivity (Wildman–Crippen MR) is 116 cm³/mol. The summed E-state index contributed by atoms with van der Waals surface area (Å²) in [5.74, 6) is -3.70. The third-order valence-electron chi connectivity index (χ3n) is 4.49. The van der Waals surface area contributed by atoms with Crippen LogP contribution in [-0.4, -0.2) is 15.5 Å². The second kappa shape index (κ2) is 9.17. The summed E-state index contributed by atoms with van der Waals surface area (Å²) in [7, 11) is 0. The summed E-state index contributed by atoms with van der Waals surface area (Å²) in [5.41, 5.74) is -1.22. The maximum absolute atomic E-state index is 14.6. The normalized spacial score (nSPS) is 10.7. The van der Waals surface area contributed by atoms with E-state index in [4.69, 9.17) is 16.3 Å². The number of hydrogen-bond donors (Lipinski definition) is 1. The summed E-state index contributed by atoms with van der Waals surface area (Å²) >= 11 is 5.74. The van der Waals surface area contributed by atoms with Crippen LogP contribution in [0.4, 0.5) is 18.9 Å². The van der Waals surface area contributed by atoms with Crippen molar-refractivity contribution in [3.05, 3.63) is 112 Å². The van der Waals surface area contributed by atoms with Crippen molar-refractivity contribution >= 4 is 23.2 Å². The van der Waals surface area contributed by atoms with E-state index in [1.54, 1.807) is 0 Å². The van der Waals surface area contributed by atoms with Gasteiger partial charge < -0.3 is 10.1 Å². The molecular formula is C23H13ClF3N3O3. The van der Waals surface area contributed by atoms with Crippen molar-refractivity contribution in [2.24, 2.45) is 0 Å². The molecule has 0 spiro atoms. The molecule has 0 radical (unpaired) electrons. The first-order valence-corrected chi connectivity index (χ1v) is 9.77. The molecule has 0 aliphatic carbocycles. The molecular weight excluding hydrogens is 459 g/mol. The highest BCUT2D eigenvalue weighted by atomic mass is 35.5. The highest BCUT2D eigenvalue weighted by molar-refractivity contribution is 6.29. The molecule has 1 N–H and O–H groups in total. The lowest BCUT2D eigenvalue weighted by Gasteiger charge is -2.12. The van der Waals surface area contributed by atoms with Crippen LogP contribution in [-0.2, 0) is 0 Å². The number of anilines is 1. The van der Waals surface area contributed by atoms with Crippen molar-refractivity contribution in [2.75, 3.05) is 5.32 Å². The fourth-order valence-electron chi connectivity index (χ4n) is 2.94. The van der Waals surface area contributed by atoms with Gasteiger partial charge in [0.15, 0.2) is 17.4 Å². The largest absolute Gasteiger partial charge is 0.454 e. The minimum atomic E-state index is -0.991. The van der Waals surface area contributed by atoms with Crippen LogP contribution < -0.4 is 15.6 Å². The lowest BCUT2D eigenvalue weighted by molar-refractivity contribution is 0.102. The molecule has 166 valence electrons. The first-order chi connectivity index (χ1) is 15.8. The van der Waals surface area contributed by atoms with Gasteiger partial charge in [0.25, 0.3) is 11.5 Å². The van der Waals surface area contributed by atoms with E-state index in [2.05, 4.69) is 10.3 Å². The van der Waals surface area contributed by atoms with Crippen molar-refractivity contribution in [1.29, 1.82) is 0 Å². The quantitative estimate of drug-likeness (QED) is 0.398. The van der Waals surface area contributed by atoms with Crippen LogP contribution in [0.3, 0.4) is 0 Å². The Morgan fingerprint density at radius 2 is 1.76 bits per heavy atom. The molecule has 10 heteroatoms. The second-order valence-corrected chi connectivity index (χ2v) is 7.09. The van der Waals surface area contributed by atoms with Crippen LogP contribution >= 0.6 is 11.6 Å². The van der Waals surface area contributed by atoms with Gasteiger partial charge in [-0.2, -0.15) is 0 Å². The summed E-state index contributed by atoms with van der Waals surface area (Å²) in [6.07, 6.45) is 2.73. The number of carbonyl (C=O) groups is 1. The van der Waals surface area contributed by atoms with Gasteiger partial charge in [-0.1, -0.05) is 11.6 Å². The lowest BCUT2D eigenvalue weighted by atomic mass is 10.2. The third kappa shape index (κ3) is 4.88. The molecule has 0 saturated carbocycles. The number of amides is 1. The second-order valence-electron chi connectivity index (χ2n) is 6.71. The molecule has 33 heavy (non-hydrogen) atoms. The molecule has 1 amide bonds. The average Bonchev–Trinajstić information content (AvgIpc) is 2.78. The van der Waals surface area contributed by atoms with Crippen LogP contribution in [0.1, 0.15) is 10.4 Å². The molecule has 4 rings (SSSR count). The number of benzene rings is 2. The molecule has 0 fully saturated rings. The molecule has 2 aromatic heterocycles. The Kier molecular flexibility index (Phi) is 6.14. The Morgan fingerprint density at radius 1 is 1.00 bits per heavy atom. The molecule has 0 aliphatic heterocycles. The van der Waals surface area contributed by atoms with Crippen LogP contribution in [0, 0.1) is 17.5 Å². The molecule has 0 unspecified atom stereocenters. The minimum Gasteiger partial charge on any atom is -0.454 e. The number of aromatic nitrogens is 2. The third-order valence-corrected chi connectivity index (χ3v) is 4.70. The molecule has 6 nitrogen and oxygen atoms in total. The number of carbonyl (C=O) groups excluding carboxylic acids is 1. The van der Waals surface area contributed by atoms with Gasteiger partial charge in [0, 0.05) is 36.3 Å². The monoisotopic (exact) mass is 471 g/mol. The summed E-state index contributed by atoms with van der Waals surface area (Å²) in [6, 6.07) is 11.9. The highest BCUT2D eigenvalue weighted by Crippen LogP contribution is 2.30. The van der Waals surface area contributed by atoms with Gasteiger partial charge in [-0.3, -0.25) is 14.2 Å². The number of ether oxygens (including phenoxy) is 1. The van der Waals surface area contributed by atoms with Crippen LogP contribution in [0.2, 0.25) is 5.15 Å². The number of halogens is 4. The maximum Gasteiger partial charge on any atom is 0.267 e. The van der Waals surface area contributed by atoms with E-state index in [-0.39, 0.29) is 16.5 Å². The Bertz CT molecular complexity index is 1410. The number of rotatable bonds is 5. The molecule has 2 aromatic carbocycles. The maximum atomic E-state index is 14.6. The zero-order chi connectivity index (χ0) is 23.5. The lowest BCUT2D eigenvalue weighted by Crippen LogP contribution is -2.28. The van der Waals surface area contributed by atoms with E-state index in [0.29, 0.717) is 5.69 Å². The molecule has 4 aromatic rings. The van der Waals surface area contributed by atoms with Crippen molar-refractivity contribution in [1.82, 2.24) is 9.55 Å². The van der Waals surface area contributed by atoms with E-state index < -0.39 is 40.4 Å². The van der Waals surface area contributed by atoms with E-state index >= 15 is 0 Å². The van der Waals surface area contributed by atoms with Gasteiger partial charge in [-0.25, -0.2) is 18.2 Å². The molecule has 0 saturated heterocycles. The summed E-state index contributed by atoms with van der Waals surface area (Å²) in [6.45, 7) is 0. The van der Waals surface area contributed by atoms with Gasteiger partial charge in [-0.05, 0) is 42.5 Å². The summed E-state index contributed by atoms with van der Waals surface area (Å²) in [5, 5.41) is 2.29. The van der Waals surface area contributed by atoms with E-state index in [0.717, 1.165) is 28.8 Å². The first-order valence-electron chi connectivity index (χ1n) is 9.39. The van der Waals surface area contributed by atoms with Gasteiger partial charge >= 0.3 is 0 Å². The van der Waals surface area contributed by atoms with Gasteiger partial charge in [0.2, 0.25) is 0 Å². The Balaban J connectivity index is 1.59. The zero-order valence-electron chi connectivity index (χ0n) is 16.6. The number of nitrogens with zero attached hydrogens (tertiary/aromatic N) is 2. The molecule has 0 aliphatic rings. The average molecular weight is 472 g/mol. The standard InChI is InChI=1S/C23H13ClF3N3O3/c24-21-10-15(7-8-28-21)33-20-12-17(26)19(11-18(20)27)29-22(31)16-2-1-9-30(23(16)32)14-5-3-13(25)4-6-14/h1-12H,(H,29,31). The Labute approximate surface area is 189 Å². The Morgan fingerprint density at radius 3 is 2.48 bits per heavy atom. The van der Waals surface area contributed by atoms with Crippen LogP contribution in [0.15, 0.2) is 77.9 Å². The van der Waals surface area contributed by atoms with E-state index in [1.807, 2.05) is 0 Å². The number of hydrogen-bond acceptors (Lipinski definition) is 4. The fraction of sp³-hybridized carbons (Fsp3) is 0. The molecule has 0 bridgehead atoms. The highest BCUT2D eigenvalue weighted by Gasteiger charge is 2.18. The van der Waals surface area contributed by atoms with Gasteiger partial charge in [-0.15, -0.1) is 0 Å². The summed E-state index contributed by atoms with van der Waals surface area (Å²) < 4.78 is 48.6. The Hall–Kier alpha value is -4.11. The topological polar surface area (TPSA) is 73.2 Å². The fourth-order valence-corrected chi connectivity index (χ4v) is 3.10. The van der Waals surface area contributed by atoms with Crippen molar-refractivity contribution in [3.8, 4) is 17.2 Å². The van der Waals surface area contributed by atoms with Crippen molar-refractivity contribution in [3.63, 3.8) is 0 Å². The van der Waals surface area contributed by atoms with E-state index in [1.165, 1.54) is 48.8 Å². The van der Waals surface area contributed by atoms with Crippen molar-refractivity contribution in [2.45, 2.75) is 0 Å². The number of pyridine rings is 2. The predicted octanol–water partition coefficient (Wildman–Crippen LogP) is 5.35. The van der Waals surface area contributed by atoms with Crippen LogP contribution in [0.5, 0.6) is 11.5 Å². The minimum absolute atomic E-state index is 0.103. The summed E-state index contributed by atoms with van der Waals surface area (Å²) in [4.78, 5) is 29.1. The smallest absolute Gasteiger partial charge is 0.267 e. The van der Waals surface area contributed by atoms with Gasteiger partial charge in [0.1, 0.15) is 22.3 Å². The zero-order valence-corrected chi connectivity index (χ0v) is 17.3. The SMILES string of the molecule is O=C(Nc1cc(F)c(Oc2ccnc(Cl)c2)cc1F)c1cccn(-c2ccc(F)cc2)c1=O. The number of nitrogens with one attached hydrogen (secondary N) is 1. The first kappa shape index (κ1) is 22.1. The molecule has 0 atom stereocenters. The van der Waals surface area contributed by atoms with Crippen LogP contribution in [0.25, 0.3) is 5.69 Å². The van der Waals surface area contributed by atoms with Crippen molar-refractivity contribution < 1.29 is 22.7 Å². The van der Waals surface area contributed by atoms with E-state index in [9.17, 15) is 22.8 Å². The molecule has 2 heterocycles.